The van der Waals surface area contributed by atoms with E-state index in [0.29, 0.717) is 11.4 Å². The van der Waals surface area contributed by atoms with Crippen LogP contribution in [0.4, 0.5) is 5.69 Å². The van der Waals surface area contributed by atoms with Gasteiger partial charge in [0.15, 0.2) is 6.10 Å². The molecule has 3 N–H and O–H groups in total. The molecule has 1 aromatic rings. The van der Waals surface area contributed by atoms with E-state index in [0.717, 1.165) is 5.56 Å². The standard InChI is InChI=1S/C11H16N2O2/c1-7-9(12)5-4-6-10(7)15-8(2)11(14)13-3/h4-6,8H,12H2,1-3H3,(H,13,14). The number of carbonyl (C=O) groups excluding carboxylic acids is 1. The summed E-state index contributed by atoms with van der Waals surface area (Å²) in [4.78, 5) is 11.2. The zero-order valence-corrected chi connectivity index (χ0v) is 9.20. The van der Waals surface area contributed by atoms with Gasteiger partial charge in [-0.1, -0.05) is 6.07 Å². The summed E-state index contributed by atoms with van der Waals surface area (Å²) in [6.45, 7) is 3.56. The van der Waals surface area contributed by atoms with Gasteiger partial charge in [0.1, 0.15) is 5.75 Å². The fraction of sp³-hybridized carbons (Fsp3) is 0.364. The number of carbonyl (C=O) groups is 1. The number of nitrogens with two attached hydrogens (primary N) is 1. The van der Waals surface area contributed by atoms with Crippen molar-refractivity contribution in [2.24, 2.45) is 0 Å². The number of anilines is 1. The molecule has 82 valence electrons. The summed E-state index contributed by atoms with van der Waals surface area (Å²) >= 11 is 0. The Labute approximate surface area is 89.4 Å². The fourth-order valence-corrected chi connectivity index (χ4v) is 1.21. The van der Waals surface area contributed by atoms with Crippen molar-refractivity contribution in [3.8, 4) is 5.75 Å². The van der Waals surface area contributed by atoms with Crippen LogP contribution >= 0.6 is 0 Å². The van der Waals surface area contributed by atoms with Gasteiger partial charge in [-0.2, -0.15) is 0 Å². The second-order valence-electron chi connectivity index (χ2n) is 3.34. The molecule has 0 saturated carbocycles. The summed E-state index contributed by atoms with van der Waals surface area (Å²) in [7, 11) is 1.58. The van der Waals surface area contributed by atoms with Crippen LogP contribution in [0, 0.1) is 6.92 Å². The molecule has 1 amide bonds. The van der Waals surface area contributed by atoms with Crippen LogP contribution in [0.3, 0.4) is 0 Å². The molecule has 1 rings (SSSR count). The van der Waals surface area contributed by atoms with Crippen LogP contribution < -0.4 is 15.8 Å². The first-order valence-corrected chi connectivity index (χ1v) is 4.79. The maximum atomic E-state index is 11.2. The van der Waals surface area contributed by atoms with Crippen LogP contribution in [-0.2, 0) is 4.79 Å². The predicted molar refractivity (Wildman–Crippen MR) is 59.7 cm³/mol. The Balaban J connectivity index is 2.81. The van der Waals surface area contributed by atoms with Crippen molar-refractivity contribution in [2.45, 2.75) is 20.0 Å². The Kier molecular flexibility index (Phi) is 3.55. The highest BCUT2D eigenvalue weighted by atomic mass is 16.5. The van der Waals surface area contributed by atoms with E-state index in [-0.39, 0.29) is 5.91 Å². The van der Waals surface area contributed by atoms with E-state index in [1.807, 2.05) is 6.92 Å². The molecule has 0 fully saturated rings. The van der Waals surface area contributed by atoms with E-state index < -0.39 is 6.10 Å². The number of ether oxygens (including phenoxy) is 1. The highest BCUT2D eigenvalue weighted by Gasteiger charge is 2.13. The minimum atomic E-state index is -0.518. The lowest BCUT2D eigenvalue weighted by molar-refractivity contribution is -0.126. The van der Waals surface area contributed by atoms with E-state index in [1.54, 1.807) is 32.2 Å². The number of nitrogens with one attached hydrogen (secondary N) is 1. The van der Waals surface area contributed by atoms with Gasteiger partial charge in [0.2, 0.25) is 0 Å². The van der Waals surface area contributed by atoms with Crippen LogP contribution in [0.5, 0.6) is 5.75 Å². The fourth-order valence-electron chi connectivity index (χ4n) is 1.21. The Morgan fingerprint density at radius 3 is 2.80 bits per heavy atom. The summed E-state index contributed by atoms with van der Waals surface area (Å²) in [5.41, 5.74) is 7.24. The summed E-state index contributed by atoms with van der Waals surface area (Å²) in [5, 5.41) is 2.52. The number of likely N-dealkylation sites (N-methyl/N-ethyl adjacent to an activating group) is 1. The molecular formula is C11H16N2O2. The molecule has 1 unspecified atom stereocenters. The Morgan fingerprint density at radius 2 is 2.20 bits per heavy atom. The normalized spacial score (nSPS) is 11.9. The summed E-state index contributed by atoms with van der Waals surface area (Å²) in [6, 6.07) is 5.39. The largest absolute Gasteiger partial charge is 0.481 e. The van der Waals surface area contributed by atoms with Crippen LogP contribution in [0.2, 0.25) is 0 Å². The highest BCUT2D eigenvalue weighted by Crippen LogP contribution is 2.23. The molecule has 0 aromatic heterocycles. The first-order chi connectivity index (χ1) is 7.06. The van der Waals surface area contributed by atoms with Crippen molar-refractivity contribution in [3.63, 3.8) is 0 Å². The smallest absolute Gasteiger partial charge is 0.260 e. The molecule has 0 aliphatic heterocycles. The van der Waals surface area contributed by atoms with Crippen LogP contribution in [0.1, 0.15) is 12.5 Å². The third-order valence-electron chi connectivity index (χ3n) is 2.25. The van der Waals surface area contributed by atoms with Crippen molar-refractivity contribution < 1.29 is 9.53 Å². The lowest BCUT2D eigenvalue weighted by Crippen LogP contribution is -2.33. The van der Waals surface area contributed by atoms with Crippen molar-refractivity contribution in [3.05, 3.63) is 23.8 Å². The molecule has 0 saturated heterocycles. The van der Waals surface area contributed by atoms with Crippen molar-refractivity contribution >= 4 is 11.6 Å². The molecule has 15 heavy (non-hydrogen) atoms. The number of hydrogen-bond acceptors (Lipinski definition) is 3. The van der Waals surface area contributed by atoms with Crippen LogP contribution in [0.25, 0.3) is 0 Å². The topological polar surface area (TPSA) is 64.3 Å². The van der Waals surface area contributed by atoms with Gasteiger partial charge in [-0.3, -0.25) is 4.79 Å². The predicted octanol–water partition coefficient (Wildman–Crippen LogP) is 1.09. The molecule has 4 heteroatoms. The Morgan fingerprint density at radius 1 is 1.53 bits per heavy atom. The molecule has 4 nitrogen and oxygen atoms in total. The van der Waals surface area contributed by atoms with Gasteiger partial charge in [-0.05, 0) is 26.0 Å². The summed E-state index contributed by atoms with van der Waals surface area (Å²) in [6.07, 6.45) is -0.518. The quantitative estimate of drug-likeness (QED) is 0.731. The van der Waals surface area contributed by atoms with Crippen LogP contribution in [0.15, 0.2) is 18.2 Å². The first-order valence-electron chi connectivity index (χ1n) is 4.79. The number of rotatable bonds is 3. The monoisotopic (exact) mass is 208 g/mol. The maximum Gasteiger partial charge on any atom is 0.260 e. The molecule has 0 spiro atoms. The van der Waals surface area contributed by atoms with Gasteiger partial charge >= 0.3 is 0 Å². The van der Waals surface area contributed by atoms with E-state index in [9.17, 15) is 4.79 Å². The lowest BCUT2D eigenvalue weighted by atomic mass is 10.2. The average molecular weight is 208 g/mol. The molecule has 0 bridgehead atoms. The second-order valence-corrected chi connectivity index (χ2v) is 3.34. The maximum absolute atomic E-state index is 11.2. The van der Waals surface area contributed by atoms with E-state index in [1.165, 1.54) is 0 Å². The van der Waals surface area contributed by atoms with E-state index in [4.69, 9.17) is 10.5 Å². The second kappa shape index (κ2) is 4.68. The van der Waals surface area contributed by atoms with E-state index >= 15 is 0 Å². The third-order valence-corrected chi connectivity index (χ3v) is 2.25. The summed E-state index contributed by atoms with van der Waals surface area (Å²) < 4.78 is 5.49. The minimum Gasteiger partial charge on any atom is -0.481 e. The van der Waals surface area contributed by atoms with Crippen molar-refractivity contribution in [1.29, 1.82) is 0 Å². The molecular weight excluding hydrogens is 192 g/mol. The zero-order valence-electron chi connectivity index (χ0n) is 9.20. The SMILES string of the molecule is CNC(=O)C(C)Oc1cccc(N)c1C. The van der Waals surface area contributed by atoms with Gasteiger partial charge in [0.25, 0.3) is 5.91 Å². The summed E-state index contributed by atoms with van der Waals surface area (Å²) in [5.74, 6) is 0.489. The third kappa shape index (κ3) is 2.62. The highest BCUT2D eigenvalue weighted by molar-refractivity contribution is 5.80. The molecule has 0 aliphatic carbocycles. The van der Waals surface area contributed by atoms with Crippen molar-refractivity contribution in [1.82, 2.24) is 5.32 Å². The van der Waals surface area contributed by atoms with Gasteiger partial charge in [-0.15, -0.1) is 0 Å². The van der Waals surface area contributed by atoms with Gasteiger partial charge in [-0.25, -0.2) is 0 Å². The Bertz CT molecular complexity index is 364. The van der Waals surface area contributed by atoms with Gasteiger partial charge < -0.3 is 15.8 Å². The number of amides is 1. The Hall–Kier alpha value is -1.71. The molecule has 0 heterocycles. The lowest BCUT2D eigenvalue weighted by Gasteiger charge is -2.15. The van der Waals surface area contributed by atoms with Gasteiger partial charge in [0, 0.05) is 18.3 Å². The number of hydrogen-bond donors (Lipinski definition) is 2. The average Bonchev–Trinajstić information content (AvgIpc) is 2.23. The number of nitrogen functional groups attached to an aromatic ring is 1. The van der Waals surface area contributed by atoms with E-state index in [2.05, 4.69) is 5.32 Å². The zero-order chi connectivity index (χ0) is 11.4. The minimum absolute atomic E-state index is 0.156. The van der Waals surface area contributed by atoms with Crippen molar-refractivity contribution in [2.75, 3.05) is 12.8 Å². The van der Waals surface area contributed by atoms with Crippen LogP contribution in [-0.4, -0.2) is 19.1 Å². The molecule has 1 aromatic carbocycles. The van der Waals surface area contributed by atoms with Gasteiger partial charge in [0.05, 0.1) is 0 Å². The first kappa shape index (κ1) is 11.4. The number of benzene rings is 1. The molecule has 1 atom stereocenters. The molecule has 0 radical (unpaired) electrons. The molecule has 0 aliphatic rings.